The third kappa shape index (κ3) is 5.44. The van der Waals surface area contributed by atoms with Gasteiger partial charge in [-0.1, -0.05) is 0 Å². The Kier molecular flexibility index (Phi) is 8.24. The molecule has 0 radical (unpaired) electrons. The summed E-state index contributed by atoms with van der Waals surface area (Å²) >= 11 is -0.226. The van der Waals surface area contributed by atoms with Crippen molar-refractivity contribution in [3.8, 4) is 0 Å². The molecule has 0 unspecified atom stereocenters. The van der Waals surface area contributed by atoms with E-state index in [0.717, 1.165) is 0 Å². The van der Waals surface area contributed by atoms with Gasteiger partial charge in [0.1, 0.15) is 0 Å². The fourth-order valence-corrected chi connectivity index (χ4v) is 7.39. The standard InChI is InChI=1S/C14H30N.In.H/c1-5-9-13-15(11-7-3,12-8-4)14-10-6-2;;/h3-14H2,1-2H3;;/q+1;;. The summed E-state index contributed by atoms with van der Waals surface area (Å²) in [6, 6.07) is 0. The van der Waals surface area contributed by atoms with E-state index in [1.54, 1.807) is 21.2 Å². The Morgan fingerprint density at radius 2 is 1.38 bits per heavy atom. The van der Waals surface area contributed by atoms with Gasteiger partial charge in [0.05, 0.1) is 0 Å². The first-order chi connectivity index (χ1) is 7.83. The molecule has 0 aromatic rings. The van der Waals surface area contributed by atoms with Gasteiger partial charge in [0, 0.05) is 0 Å². The Balaban J connectivity index is 2.49. The van der Waals surface area contributed by atoms with Crippen LogP contribution in [0.5, 0.6) is 0 Å². The molecule has 1 fully saturated rings. The Morgan fingerprint density at radius 1 is 0.875 bits per heavy atom. The molecule has 1 aliphatic rings. The van der Waals surface area contributed by atoms with Crippen LogP contribution in [-0.4, -0.2) is 53.6 Å². The monoisotopic (exact) mass is 328 g/mol. The van der Waals surface area contributed by atoms with E-state index in [1.807, 2.05) is 0 Å². The average molecular weight is 328 g/mol. The van der Waals surface area contributed by atoms with Crippen molar-refractivity contribution in [3.05, 3.63) is 0 Å². The third-order valence-corrected chi connectivity index (χ3v) is 9.95. The molecule has 0 atom stereocenters. The van der Waals surface area contributed by atoms with Crippen LogP contribution < -0.4 is 0 Å². The molecule has 1 heterocycles. The number of quaternary nitrogens is 1. The second-order valence-electron chi connectivity index (χ2n) is 5.71. The van der Waals surface area contributed by atoms with Gasteiger partial charge < -0.3 is 0 Å². The van der Waals surface area contributed by atoms with Gasteiger partial charge in [-0.05, 0) is 0 Å². The van der Waals surface area contributed by atoms with Gasteiger partial charge >= 0.3 is 114 Å². The van der Waals surface area contributed by atoms with Crippen LogP contribution in [0.1, 0.15) is 52.4 Å². The molecule has 1 nitrogen and oxygen atoms in total. The minimum absolute atomic E-state index is 0.226. The molecule has 94 valence electrons. The summed E-state index contributed by atoms with van der Waals surface area (Å²) in [5.74, 6) is 0. The van der Waals surface area contributed by atoms with Crippen LogP contribution in [0.3, 0.4) is 0 Å². The number of hydrogen-bond donors (Lipinski definition) is 0. The fourth-order valence-electron chi connectivity index (χ4n) is 3.08. The van der Waals surface area contributed by atoms with Crippen molar-refractivity contribution in [2.24, 2.45) is 0 Å². The zero-order valence-corrected chi connectivity index (χ0v) is 15.7. The van der Waals surface area contributed by atoms with Crippen molar-refractivity contribution < 1.29 is 4.48 Å². The van der Waals surface area contributed by atoms with Crippen molar-refractivity contribution in [2.75, 3.05) is 26.2 Å². The number of unbranched alkanes of at least 4 members (excludes halogenated alkanes) is 2. The van der Waals surface area contributed by atoms with Crippen molar-refractivity contribution in [1.82, 2.24) is 0 Å². The molecular weight excluding hydrogens is 297 g/mol. The zero-order chi connectivity index (χ0) is 11.7. The Hall–Kier alpha value is 0.830. The molecule has 1 aliphatic heterocycles. The Labute approximate surface area is 114 Å². The number of rotatable bonds is 6. The molecular formula is C14H31InN+. The van der Waals surface area contributed by atoms with E-state index in [1.165, 1.54) is 56.3 Å². The molecule has 0 aromatic carbocycles. The second-order valence-corrected chi connectivity index (χ2v) is 11.8. The summed E-state index contributed by atoms with van der Waals surface area (Å²) in [6.07, 6.45) is 8.81. The van der Waals surface area contributed by atoms with Crippen LogP contribution in [0, 0.1) is 0 Å². The van der Waals surface area contributed by atoms with Crippen LogP contribution >= 0.6 is 0 Å². The van der Waals surface area contributed by atoms with Gasteiger partial charge in [0.25, 0.3) is 0 Å². The van der Waals surface area contributed by atoms with Crippen molar-refractivity contribution in [1.29, 1.82) is 0 Å². The molecule has 0 N–H and O–H groups in total. The van der Waals surface area contributed by atoms with Crippen molar-refractivity contribution in [2.45, 2.75) is 60.7 Å². The first-order valence-electron chi connectivity index (χ1n) is 7.68. The SMILES string of the molecule is CCCC[N+]1(CCCC)CC[CH2][InH][CH2]CC1. The molecule has 1 saturated heterocycles. The molecule has 0 aromatic heterocycles. The summed E-state index contributed by atoms with van der Waals surface area (Å²) in [6.45, 7) is 10.7. The van der Waals surface area contributed by atoms with Crippen molar-refractivity contribution in [3.63, 3.8) is 0 Å². The Morgan fingerprint density at radius 3 is 1.81 bits per heavy atom. The van der Waals surface area contributed by atoms with E-state index in [0.29, 0.717) is 0 Å². The number of nitrogens with zero attached hydrogens (tertiary/aromatic N) is 1. The minimum atomic E-state index is -0.226. The molecule has 1 rings (SSSR count). The molecule has 16 heavy (non-hydrogen) atoms. The fraction of sp³-hybridized carbons (Fsp3) is 1.00. The van der Waals surface area contributed by atoms with Crippen molar-refractivity contribution >= 4 is 22.9 Å². The normalized spacial score (nSPS) is 20.9. The average Bonchev–Trinajstić information content (AvgIpc) is 2.27. The molecule has 0 amide bonds. The molecule has 2 heteroatoms. The third-order valence-electron chi connectivity index (χ3n) is 4.24. The molecule has 0 bridgehead atoms. The second kappa shape index (κ2) is 8.85. The number of hydrogen-bond acceptors (Lipinski definition) is 0. The summed E-state index contributed by atoms with van der Waals surface area (Å²) in [5, 5.41) is 0. The first-order valence-corrected chi connectivity index (χ1v) is 13.4. The molecule has 0 aliphatic carbocycles. The van der Waals surface area contributed by atoms with Crippen LogP contribution in [0.15, 0.2) is 0 Å². The summed E-state index contributed by atoms with van der Waals surface area (Å²) in [5.41, 5.74) is 0. The van der Waals surface area contributed by atoms with E-state index < -0.39 is 0 Å². The summed E-state index contributed by atoms with van der Waals surface area (Å²) < 4.78 is 4.88. The van der Waals surface area contributed by atoms with Crippen LogP contribution in [0.25, 0.3) is 0 Å². The Bertz CT molecular complexity index is 145. The van der Waals surface area contributed by atoms with E-state index in [4.69, 9.17) is 0 Å². The van der Waals surface area contributed by atoms with E-state index in [2.05, 4.69) is 13.8 Å². The topological polar surface area (TPSA) is 0 Å². The maximum absolute atomic E-state index is 2.34. The predicted octanol–water partition coefficient (Wildman–Crippen LogP) is 3.47. The summed E-state index contributed by atoms with van der Waals surface area (Å²) in [4.78, 5) is 0. The van der Waals surface area contributed by atoms with Gasteiger partial charge in [-0.2, -0.15) is 0 Å². The van der Waals surface area contributed by atoms with E-state index in [-0.39, 0.29) is 22.9 Å². The summed E-state index contributed by atoms with van der Waals surface area (Å²) in [7, 11) is 0. The molecule has 0 saturated carbocycles. The maximum atomic E-state index is 2.34. The van der Waals surface area contributed by atoms with Gasteiger partial charge in [-0.3, -0.25) is 0 Å². The van der Waals surface area contributed by atoms with Gasteiger partial charge in [0.15, 0.2) is 0 Å². The quantitative estimate of drug-likeness (QED) is 0.655. The van der Waals surface area contributed by atoms with E-state index >= 15 is 0 Å². The van der Waals surface area contributed by atoms with Gasteiger partial charge in [-0.15, -0.1) is 0 Å². The first kappa shape index (κ1) is 14.9. The predicted molar refractivity (Wildman–Crippen MR) is 75.5 cm³/mol. The van der Waals surface area contributed by atoms with Crippen LogP contribution in [0.2, 0.25) is 8.35 Å². The molecule has 0 spiro atoms. The van der Waals surface area contributed by atoms with Crippen LogP contribution in [-0.2, 0) is 0 Å². The zero-order valence-electron chi connectivity index (χ0n) is 11.6. The van der Waals surface area contributed by atoms with Gasteiger partial charge in [-0.25, -0.2) is 0 Å². The van der Waals surface area contributed by atoms with Crippen LogP contribution in [0.4, 0.5) is 0 Å². The van der Waals surface area contributed by atoms with E-state index in [9.17, 15) is 0 Å². The van der Waals surface area contributed by atoms with Gasteiger partial charge in [0.2, 0.25) is 0 Å².